The summed E-state index contributed by atoms with van der Waals surface area (Å²) in [7, 11) is -3.59. The third-order valence-electron chi connectivity index (χ3n) is 6.31. The summed E-state index contributed by atoms with van der Waals surface area (Å²) >= 11 is 0. The molecule has 1 aromatic carbocycles. The SMILES string of the molecule is C=C1CC2(O)[C@H]3CCC[C@H](C3)C2(S(=O)(=O)c2ccccc2)C1. The Labute approximate surface area is 132 Å². The molecule has 0 saturated heterocycles. The molecule has 0 heterocycles. The van der Waals surface area contributed by atoms with Gasteiger partial charge in [0.2, 0.25) is 0 Å². The van der Waals surface area contributed by atoms with E-state index in [1.54, 1.807) is 24.3 Å². The van der Waals surface area contributed by atoms with Crippen LogP contribution < -0.4 is 0 Å². The first-order valence-electron chi connectivity index (χ1n) is 8.10. The van der Waals surface area contributed by atoms with Crippen molar-refractivity contribution in [2.75, 3.05) is 0 Å². The second-order valence-corrected chi connectivity index (χ2v) is 9.50. The van der Waals surface area contributed by atoms with Crippen LogP contribution in [-0.2, 0) is 9.84 Å². The Morgan fingerprint density at radius 3 is 2.50 bits per heavy atom. The molecule has 0 radical (unpaired) electrons. The minimum absolute atomic E-state index is 0.0562. The van der Waals surface area contributed by atoms with Crippen molar-refractivity contribution in [2.24, 2.45) is 11.8 Å². The lowest BCUT2D eigenvalue weighted by Gasteiger charge is -2.40. The van der Waals surface area contributed by atoms with Gasteiger partial charge in [-0.05, 0) is 56.1 Å². The molecule has 3 fully saturated rings. The number of hydrogen-bond donors (Lipinski definition) is 1. The van der Waals surface area contributed by atoms with Crippen molar-refractivity contribution in [1.29, 1.82) is 0 Å². The van der Waals surface area contributed by atoms with Gasteiger partial charge < -0.3 is 5.11 Å². The largest absolute Gasteiger partial charge is 0.388 e. The summed E-state index contributed by atoms with van der Waals surface area (Å²) < 4.78 is 26.0. The number of aliphatic hydroxyl groups is 1. The Bertz CT molecular complexity index is 724. The summed E-state index contributed by atoms with van der Waals surface area (Å²) in [6.45, 7) is 4.04. The van der Waals surface area contributed by atoms with Gasteiger partial charge in [0, 0.05) is 0 Å². The Morgan fingerprint density at radius 1 is 1.09 bits per heavy atom. The molecule has 2 unspecified atom stereocenters. The quantitative estimate of drug-likeness (QED) is 0.853. The van der Waals surface area contributed by atoms with Crippen molar-refractivity contribution in [3.05, 3.63) is 42.5 Å². The first-order valence-corrected chi connectivity index (χ1v) is 9.59. The van der Waals surface area contributed by atoms with Crippen LogP contribution in [0.15, 0.2) is 47.4 Å². The van der Waals surface area contributed by atoms with Crippen LogP contribution in [0, 0.1) is 11.8 Å². The molecule has 3 saturated carbocycles. The average molecular weight is 318 g/mol. The minimum Gasteiger partial charge on any atom is -0.388 e. The molecule has 4 rings (SSSR count). The minimum atomic E-state index is -3.59. The van der Waals surface area contributed by atoms with Crippen LogP contribution in [0.5, 0.6) is 0 Å². The van der Waals surface area contributed by atoms with Gasteiger partial charge in [-0.15, -0.1) is 0 Å². The predicted molar refractivity (Wildman–Crippen MR) is 85.1 cm³/mol. The zero-order valence-electron chi connectivity index (χ0n) is 12.7. The van der Waals surface area contributed by atoms with Crippen LogP contribution in [0.1, 0.15) is 38.5 Å². The highest BCUT2D eigenvalue weighted by atomic mass is 32.2. The summed E-state index contributed by atoms with van der Waals surface area (Å²) in [6.07, 6.45) is 4.57. The van der Waals surface area contributed by atoms with Crippen molar-refractivity contribution in [2.45, 2.75) is 53.8 Å². The number of rotatable bonds is 2. The normalized spacial score (nSPS) is 40.7. The number of benzene rings is 1. The molecule has 3 aliphatic carbocycles. The Kier molecular flexibility index (Phi) is 2.93. The zero-order chi connectivity index (χ0) is 15.6. The number of hydrogen-bond acceptors (Lipinski definition) is 3. The van der Waals surface area contributed by atoms with E-state index >= 15 is 0 Å². The molecule has 4 heteroatoms. The summed E-state index contributed by atoms with van der Waals surface area (Å²) in [5, 5.41) is 11.5. The monoisotopic (exact) mass is 318 g/mol. The van der Waals surface area contributed by atoms with E-state index < -0.39 is 20.2 Å². The second kappa shape index (κ2) is 4.45. The van der Waals surface area contributed by atoms with Gasteiger partial charge in [-0.25, -0.2) is 8.42 Å². The van der Waals surface area contributed by atoms with Crippen LogP contribution in [-0.4, -0.2) is 23.9 Å². The van der Waals surface area contributed by atoms with E-state index in [0.29, 0.717) is 17.7 Å². The zero-order valence-corrected chi connectivity index (χ0v) is 13.5. The van der Waals surface area contributed by atoms with E-state index in [2.05, 4.69) is 6.58 Å². The maximum absolute atomic E-state index is 13.5. The van der Waals surface area contributed by atoms with E-state index in [-0.39, 0.29) is 11.8 Å². The van der Waals surface area contributed by atoms with Crippen molar-refractivity contribution in [3.8, 4) is 0 Å². The van der Waals surface area contributed by atoms with Crippen LogP contribution in [0.4, 0.5) is 0 Å². The molecule has 118 valence electrons. The van der Waals surface area contributed by atoms with E-state index in [4.69, 9.17) is 0 Å². The van der Waals surface area contributed by atoms with Crippen molar-refractivity contribution in [3.63, 3.8) is 0 Å². The van der Waals surface area contributed by atoms with Gasteiger partial charge >= 0.3 is 0 Å². The van der Waals surface area contributed by atoms with E-state index in [0.717, 1.165) is 31.3 Å². The lowest BCUT2D eigenvalue weighted by molar-refractivity contribution is -0.00807. The molecule has 22 heavy (non-hydrogen) atoms. The molecule has 0 spiro atoms. The van der Waals surface area contributed by atoms with Crippen LogP contribution in [0.3, 0.4) is 0 Å². The van der Waals surface area contributed by atoms with Crippen molar-refractivity contribution >= 4 is 9.84 Å². The summed E-state index contributed by atoms with van der Waals surface area (Å²) in [5.74, 6) is 0.157. The number of sulfone groups is 1. The fourth-order valence-electron chi connectivity index (χ4n) is 5.51. The number of fused-ring (bicyclic) bond motifs is 5. The van der Waals surface area contributed by atoms with Gasteiger partial charge in [-0.2, -0.15) is 0 Å². The standard InChI is InChI=1S/C18H22O3S/c1-13-11-17(19)14-6-5-7-15(10-14)18(17,12-13)22(20,21)16-8-3-2-4-9-16/h2-4,8-9,14-15,19H,1,5-7,10-12H2/t14-,15+,17?,18?/m0/s1. The summed E-state index contributed by atoms with van der Waals surface area (Å²) in [6, 6.07) is 8.66. The van der Waals surface area contributed by atoms with Gasteiger partial charge in [0.1, 0.15) is 4.75 Å². The smallest absolute Gasteiger partial charge is 0.187 e. The lowest BCUT2D eigenvalue weighted by Crippen LogP contribution is -2.56. The predicted octanol–water partition coefficient (Wildman–Crippen LogP) is 3.10. The van der Waals surface area contributed by atoms with Gasteiger partial charge in [-0.3, -0.25) is 0 Å². The summed E-state index contributed by atoms with van der Waals surface area (Å²) in [5.41, 5.74) is -0.237. The van der Waals surface area contributed by atoms with Crippen LogP contribution >= 0.6 is 0 Å². The van der Waals surface area contributed by atoms with Crippen LogP contribution in [0.2, 0.25) is 0 Å². The van der Waals surface area contributed by atoms with Crippen molar-refractivity contribution in [1.82, 2.24) is 0 Å². The second-order valence-electron chi connectivity index (χ2n) is 7.29. The average Bonchev–Trinajstić information content (AvgIpc) is 2.88. The lowest BCUT2D eigenvalue weighted by atomic mass is 9.83. The molecule has 0 amide bonds. The highest BCUT2D eigenvalue weighted by Gasteiger charge is 2.73. The molecule has 1 N–H and O–H groups in total. The molecule has 0 aliphatic heterocycles. The first-order chi connectivity index (χ1) is 10.4. The molecule has 3 nitrogen and oxygen atoms in total. The van der Waals surface area contributed by atoms with E-state index in [1.807, 2.05) is 6.07 Å². The van der Waals surface area contributed by atoms with Gasteiger partial charge in [0.25, 0.3) is 0 Å². The van der Waals surface area contributed by atoms with Crippen LogP contribution in [0.25, 0.3) is 0 Å². The highest BCUT2D eigenvalue weighted by molar-refractivity contribution is 7.93. The Balaban J connectivity index is 1.96. The molecule has 4 atom stereocenters. The van der Waals surface area contributed by atoms with Gasteiger partial charge in [0.15, 0.2) is 9.84 Å². The molecule has 2 bridgehead atoms. The topological polar surface area (TPSA) is 54.4 Å². The maximum Gasteiger partial charge on any atom is 0.187 e. The fraction of sp³-hybridized carbons (Fsp3) is 0.556. The fourth-order valence-corrected chi connectivity index (χ4v) is 8.20. The molecular weight excluding hydrogens is 296 g/mol. The molecular formula is C18H22O3S. The first kappa shape index (κ1) is 14.5. The Morgan fingerprint density at radius 2 is 1.77 bits per heavy atom. The third kappa shape index (κ3) is 1.52. The van der Waals surface area contributed by atoms with Crippen molar-refractivity contribution < 1.29 is 13.5 Å². The molecule has 1 aromatic rings. The van der Waals surface area contributed by atoms with Gasteiger partial charge in [0.05, 0.1) is 10.5 Å². The summed E-state index contributed by atoms with van der Waals surface area (Å²) in [4.78, 5) is 0.343. The molecule has 0 aromatic heterocycles. The highest BCUT2D eigenvalue weighted by Crippen LogP contribution is 2.66. The molecule has 3 aliphatic rings. The van der Waals surface area contributed by atoms with E-state index in [1.165, 1.54) is 0 Å². The maximum atomic E-state index is 13.5. The van der Waals surface area contributed by atoms with E-state index in [9.17, 15) is 13.5 Å². The van der Waals surface area contributed by atoms with Gasteiger partial charge in [-0.1, -0.05) is 36.8 Å². The third-order valence-corrected chi connectivity index (χ3v) is 8.99. The Hall–Kier alpha value is -1.13.